The lowest BCUT2D eigenvalue weighted by Gasteiger charge is -2.24. The van der Waals surface area contributed by atoms with Crippen LogP contribution in [-0.2, 0) is 0 Å². The first-order valence-electron chi connectivity index (χ1n) is 5.29. The summed E-state index contributed by atoms with van der Waals surface area (Å²) in [5, 5.41) is 0. The van der Waals surface area contributed by atoms with Crippen LogP contribution in [0.15, 0.2) is 43.0 Å². The smallest absolute Gasteiger partial charge is 0.410 e. The molecule has 1 rings (SSSR count). The van der Waals surface area contributed by atoms with Gasteiger partial charge < -0.3 is 9.64 Å². The van der Waals surface area contributed by atoms with Gasteiger partial charge in [-0.3, -0.25) is 0 Å². The Labute approximate surface area is 96.3 Å². The zero-order chi connectivity index (χ0) is 12.0. The van der Waals surface area contributed by atoms with E-state index < -0.39 is 0 Å². The zero-order valence-corrected chi connectivity index (χ0v) is 9.72. The summed E-state index contributed by atoms with van der Waals surface area (Å²) in [4.78, 5) is 13.4. The molecule has 0 bridgehead atoms. The molecular weight excluding hydrogens is 202 g/mol. The molecule has 0 atom stereocenters. The van der Waals surface area contributed by atoms with Crippen molar-refractivity contribution < 1.29 is 9.53 Å². The molecule has 16 heavy (non-hydrogen) atoms. The molecule has 0 aromatic heterocycles. The molecule has 0 aliphatic carbocycles. The van der Waals surface area contributed by atoms with Crippen LogP contribution in [0.25, 0.3) is 0 Å². The first-order valence-corrected chi connectivity index (χ1v) is 5.29. The van der Waals surface area contributed by atoms with Gasteiger partial charge in [0.25, 0.3) is 0 Å². The fourth-order valence-corrected chi connectivity index (χ4v) is 1.28. The molecule has 0 spiro atoms. The Morgan fingerprint density at radius 3 is 2.56 bits per heavy atom. The Balaban J connectivity index is 2.66. The molecule has 0 heterocycles. The molecule has 0 aliphatic heterocycles. The highest BCUT2D eigenvalue weighted by molar-refractivity contribution is 5.71. The number of para-hydroxylation sites is 1. The standard InChI is InChI=1S/C13H17NO2/c1-4-10-14(11(2)3)13(15)16-12-8-6-5-7-9-12/h4-9,11H,1,10H2,2-3H3. The van der Waals surface area contributed by atoms with E-state index in [2.05, 4.69) is 6.58 Å². The number of carbonyl (C=O) groups is 1. The second-order valence-electron chi connectivity index (χ2n) is 3.72. The Kier molecular flexibility index (Phi) is 4.58. The lowest BCUT2D eigenvalue weighted by molar-refractivity contribution is 0.145. The lowest BCUT2D eigenvalue weighted by atomic mass is 10.3. The second-order valence-corrected chi connectivity index (χ2v) is 3.72. The van der Waals surface area contributed by atoms with E-state index in [1.807, 2.05) is 32.0 Å². The van der Waals surface area contributed by atoms with Crippen LogP contribution in [0.2, 0.25) is 0 Å². The maximum Gasteiger partial charge on any atom is 0.415 e. The second kappa shape index (κ2) is 5.95. The Morgan fingerprint density at radius 2 is 2.06 bits per heavy atom. The molecule has 0 saturated carbocycles. The van der Waals surface area contributed by atoms with E-state index in [9.17, 15) is 4.79 Å². The third-order valence-electron chi connectivity index (χ3n) is 2.13. The van der Waals surface area contributed by atoms with Crippen molar-refractivity contribution in [1.82, 2.24) is 4.90 Å². The van der Waals surface area contributed by atoms with Crippen molar-refractivity contribution in [3.8, 4) is 5.75 Å². The summed E-state index contributed by atoms with van der Waals surface area (Å²) in [6, 6.07) is 9.14. The molecule has 0 N–H and O–H groups in total. The molecule has 0 saturated heterocycles. The summed E-state index contributed by atoms with van der Waals surface area (Å²) >= 11 is 0. The molecule has 0 unspecified atom stereocenters. The molecule has 1 aromatic rings. The van der Waals surface area contributed by atoms with Gasteiger partial charge in [-0.05, 0) is 26.0 Å². The summed E-state index contributed by atoms with van der Waals surface area (Å²) in [6.45, 7) is 7.99. The first-order chi connectivity index (χ1) is 7.65. The van der Waals surface area contributed by atoms with Gasteiger partial charge in [-0.2, -0.15) is 0 Å². The van der Waals surface area contributed by atoms with E-state index in [4.69, 9.17) is 4.74 Å². The minimum atomic E-state index is -0.346. The third-order valence-corrected chi connectivity index (χ3v) is 2.13. The minimum absolute atomic E-state index is 0.0919. The number of rotatable bonds is 4. The fourth-order valence-electron chi connectivity index (χ4n) is 1.28. The van der Waals surface area contributed by atoms with Crippen molar-refractivity contribution in [2.24, 2.45) is 0 Å². The maximum absolute atomic E-state index is 11.8. The molecule has 0 radical (unpaired) electrons. The Hall–Kier alpha value is -1.77. The number of carbonyl (C=O) groups excluding carboxylic acids is 1. The number of benzene rings is 1. The molecule has 3 nitrogen and oxygen atoms in total. The van der Waals surface area contributed by atoms with Gasteiger partial charge in [-0.1, -0.05) is 24.3 Å². The van der Waals surface area contributed by atoms with Crippen molar-refractivity contribution in [1.29, 1.82) is 0 Å². The van der Waals surface area contributed by atoms with Gasteiger partial charge in [0.05, 0.1) is 0 Å². The van der Waals surface area contributed by atoms with Crippen molar-refractivity contribution in [3.63, 3.8) is 0 Å². The highest BCUT2D eigenvalue weighted by atomic mass is 16.6. The predicted molar refractivity (Wildman–Crippen MR) is 64.5 cm³/mol. The molecular formula is C13H17NO2. The van der Waals surface area contributed by atoms with Crippen LogP contribution in [0.5, 0.6) is 5.75 Å². The van der Waals surface area contributed by atoms with E-state index in [0.717, 1.165) is 0 Å². The van der Waals surface area contributed by atoms with Crippen molar-refractivity contribution >= 4 is 6.09 Å². The highest BCUT2D eigenvalue weighted by Crippen LogP contribution is 2.11. The quantitative estimate of drug-likeness (QED) is 0.728. The van der Waals surface area contributed by atoms with Gasteiger partial charge in [0.2, 0.25) is 0 Å². The normalized spacial score (nSPS) is 9.94. The number of hydrogen-bond acceptors (Lipinski definition) is 2. The first kappa shape index (κ1) is 12.3. The largest absolute Gasteiger partial charge is 0.415 e. The summed E-state index contributed by atoms with van der Waals surface area (Å²) < 4.78 is 5.23. The van der Waals surface area contributed by atoms with Crippen molar-refractivity contribution in [2.45, 2.75) is 19.9 Å². The van der Waals surface area contributed by atoms with Crippen LogP contribution in [0, 0.1) is 0 Å². The van der Waals surface area contributed by atoms with Crippen molar-refractivity contribution in [3.05, 3.63) is 43.0 Å². The highest BCUT2D eigenvalue weighted by Gasteiger charge is 2.17. The van der Waals surface area contributed by atoms with Gasteiger partial charge in [-0.25, -0.2) is 4.79 Å². The van der Waals surface area contributed by atoms with Crippen LogP contribution in [0.4, 0.5) is 4.79 Å². The average Bonchev–Trinajstić information content (AvgIpc) is 2.26. The zero-order valence-electron chi connectivity index (χ0n) is 9.72. The molecule has 1 amide bonds. The lowest BCUT2D eigenvalue weighted by Crippen LogP contribution is -2.39. The van der Waals surface area contributed by atoms with Gasteiger partial charge in [0.15, 0.2) is 0 Å². The molecule has 3 heteroatoms. The monoisotopic (exact) mass is 219 g/mol. The van der Waals surface area contributed by atoms with Gasteiger partial charge >= 0.3 is 6.09 Å². The topological polar surface area (TPSA) is 29.5 Å². The van der Waals surface area contributed by atoms with Crippen LogP contribution >= 0.6 is 0 Å². The maximum atomic E-state index is 11.8. The van der Waals surface area contributed by atoms with E-state index >= 15 is 0 Å². The molecule has 86 valence electrons. The number of amides is 1. The Morgan fingerprint density at radius 1 is 1.44 bits per heavy atom. The van der Waals surface area contributed by atoms with E-state index in [-0.39, 0.29) is 12.1 Å². The van der Waals surface area contributed by atoms with Crippen LogP contribution in [0.3, 0.4) is 0 Å². The molecule has 0 fully saturated rings. The molecule has 0 aliphatic rings. The average molecular weight is 219 g/mol. The van der Waals surface area contributed by atoms with Gasteiger partial charge in [0.1, 0.15) is 5.75 Å². The van der Waals surface area contributed by atoms with Crippen molar-refractivity contribution in [2.75, 3.05) is 6.54 Å². The van der Waals surface area contributed by atoms with Crippen LogP contribution in [0.1, 0.15) is 13.8 Å². The number of ether oxygens (including phenoxy) is 1. The Bertz CT molecular complexity index is 346. The van der Waals surface area contributed by atoms with E-state index in [1.54, 1.807) is 23.1 Å². The van der Waals surface area contributed by atoms with Crippen LogP contribution in [-0.4, -0.2) is 23.6 Å². The van der Waals surface area contributed by atoms with E-state index in [0.29, 0.717) is 12.3 Å². The van der Waals surface area contributed by atoms with Crippen LogP contribution < -0.4 is 4.74 Å². The number of hydrogen-bond donors (Lipinski definition) is 0. The van der Waals surface area contributed by atoms with Gasteiger partial charge in [-0.15, -0.1) is 6.58 Å². The fraction of sp³-hybridized carbons (Fsp3) is 0.308. The SMILES string of the molecule is C=CCN(C(=O)Oc1ccccc1)C(C)C. The molecule has 1 aromatic carbocycles. The predicted octanol–water partition coefficient (Wildman–Crippen LogP) is 3.08. The minimum Gasteiger partial charge on any atom is -0.410 e. The summed E-state index contributed by atoms with van der Waals surface area (Å²) in [7, 11) is 0. The van der Waals surface area contributed by atoms with Gasteiger partial charge in [0, 0.05) is 12.6 Å². The summed E-state index contributed by atoms with van der Waals surface area (Å²) in [6.07, 6.45) is 1.34. The van der Waals surface area contributed by atoms with E-state index in [1.165, 1.54) is 0 Å². The third kappa shape index (κ3) is 3.42. The number of nitrogens with zero attached hydrogens (tertiary/aromatic N) is 1. The summed E-state index contributed by atoms with van der Waals surface area (Å²) in [5.74, 6) is 0.558. The summed E-state index contributed by atoms with van der Waals surface area (Å²) in [5.41, 5.74) is 0.